The van der Waals surface area contributed by atoms with Crippen molar-refractivity contribution in [1.82, 2.24) is 0 Å². The number of esters is 4. The van der Waals surface area contributed by atoms with E-state index in [-0.39, 0.29) is 25.7 Å². The van der Waals surface area contributed by atoms with Crippen molar-refractivity contribution in [3.8, 4) is 0 Å². The number of phosphoric acid groups is 2. The largest absolute Gasteiger partial charge is 0.472 e. The smallest absolute Gasteiger partial charge is 0.462 e. The van der Waals surface area contributed by atoms with Gasteiger partial charge in [-0.05, 0) is 49.4 Å². The molecule has 0 spiro atoms. The Morgan fingerprint density at radius 1 is 0.308 bits per heavy atom. The number of aliphatic hydroxyl groups is 1. The minimum atomic E-state index is -4.95. The van der Waals surface area contributed by atoms with Gasteiger partial charge in [0.1, 0.15) is 19.3 Å². The first-order valence-corrected chi connectivity index (χ1v) is 40.3. The second-order valence-corrected chi connectivity index (χ2v) is 30.3. The second-order valence-electron chi connectivity index (χ2n) is 27.4. The lowest BCUT2D eigenvalue weighted by Crippen LogP contribution is -2.30. The maximum atomic E-state index is 13.0. The number of unbranched alkanes of at least 4 members (excludes halogenated alkanes) is 33. The van der Waals surface area contributed by atoms with E-state index in [0.29, 0.717) is 31.6 Å². The molecule has 4 unspecified atom stereocenters. The summed E-state index contributed by atoms with van der Waals surface area (Å²) in [5.74, 6) is 0.885. The van der Waals surface area contributed by atoms with Crippen molar-refractivity contribution in [2.24, 2.45) is 23.7 Å². The molecule has 0 aromatic rings. The monoisotopic (exact) mass is 1340 g/mol. The van der Waals surface area contributed by atoms with Crippen LogP contribution in [0.3, 0.4) is 0 Å². The van der Waals surface area contributed by atoms with Crippen LogP contribution in [0.5, 0.6) is 0 Å². The first-order valence-electron chi connectivity index (χ1n) is 37.3. The Morgan fingerprint density at radius 2 is 0.527 bits per heavy atom. The molecule has 0 amide bonds. The maximum Gasteiger partial charge on any atom is 0.472 e. The van der Waals surface area contributed by atoms with Gasteiger partial charge < -0.3 is 33.8 Å². The molecule has 0 aliphatic carbocycles. The third-order valence-corrected chi connectivity index (χ3v) is 19.2. The molecule has 0 aromatic carbocycles. The molecule has 0 radical (unpaired) electrons. The summed E-state index contributed by atoms with van der Waals surface area (Å²) in [4.78, 5) is 72.6. The highest BCUT2D eigenvalue weighted by molar-refractivity contribution is 7.47. The zero-order valence-corrected chi connectivity index (χ0v) is 61.3. The van der Waals surface area contributed by atoms with Gasteiger partial charge in [0.2, 0.25) is 0 Å². The average molecular weight is 1340 g/mol. The molecule has 91 heavy (non-hydrogen) atoms. The molecular formula is C72H140O17P2. The minimum absolute atomic E-state index is 0.102. The number of hydrogen-bond donors (Lipinski definition) is 3. The highest BCUT2D eigenvalue weighted by Gasteiger charge is 2.30. The highest BCUT2D eigenvalue weighted by atomic mass is 31.2. The molecule has 0 aromatic heterocycles. The molecule has 0 fully saturated rings. The Balaban J connectivity index is 5.20. The number of carbonyl (C=O) groups is 4. The highest BCUT2D eigenvalue weighted by Crippen LogP contribution is 2.45. The summed E-state index contributed by atoms with van der Waals surface area (Å²) in [5, 5.41) is 10.6. The van der Waals surface area contributed by atoms with Gasteiger partial charge in [-0.3, -0.25) is 37.3 Å². The summed E-state index contributed by atoms with van der Waals surface area (Å²) in [6.07, 6.45) is 44.6. The Kier molecular flexibility index (Phi) is 60.3. The van der Waals surface area contributed by atoms with Crippen molar-refractivity contribution in [3.05, 3.63) is 0 Å². The number of hydrogen-bond acceptors (Lipinski definition) is 15. The van der Waals surface area contributed by atoms with E-state index in [1.807, 2.05) is 0 Å². The van der Waals surface area contributed by atoms with Gasteiger partial charge in [-0.2, -0.15) is 0 Å². The summed E-state index contributed by atoms with van der Waals surface area (Å²) in [5.41, 5.74) is 0. The molecule has 0 aliphatic heterocycles. The van der Waals surface area contributed by atoms with Gasteiger partial charge in [-0.25, -0.2) is 9.13 Å². The van der Waals surface area contributed by atoms with E-state index in [1.165, 1.54) is 154 Å². The second kappa shape index (κ2) is 61.6. The molecule has 3 N–H and O–H groups in total. The predicted octanol–water partition coefficient (Wildman–Crippen LogP) is 20.5. The summed E-state index contributed by atoms with van der Waals surface area (Å²) < 4.78 is 68.3. The van der Waals surface area contributed by atoms with Crippen molar-refractivity contribution in [2.45, 2.75) is 375 Å². The number of ether oxygens (including phenoxy) is 4. The summed E-state index contributed by atoms with van der Waals surface area (Å²) in [6, 6.07) is 0. The molecular weight excluding hydrogens is 1200 g/mol. The van der Waals surface area contributed by atoms with Crippen molar-refractivity contribution < 1.29 is 80.2 Å². The lowest BCUT2D eigenvalue weighted by Gasteiger charge is -2.21. The molecule has 0 rings (SSSR count). The van der Waals surface area contributed by atoms with Crippen LogP contribution >= 0.6 is 15.6 Å². The van der Waals surface area contributed by atoms with E-state index in [0.717, 1.165) is 114 Å². The Hall–Kier alpha value is -1.94. The number of aliphatic hydroxyl groups excluding tert-OH is 1. The van der Waals surface area contributed by atoms with E-state index in [4.69, 9.17) is 37.0 Å². The molecule has 17 nitrogen and oxygen atoms in total. The van der Waals surface area contributed by atoms with Gasteiger partial charge in [-0.15, -0.1) is 0 Å². The van der Waals surface area contributed by atoms with Crippen LogP contribution in [0.2, 0.25) is 0 Å². The minimum Gasteiger partial charge on any atom is -0.462 e. The lowest BCUT2D eigenvalue weighted by molar-refractivity contribution is -0.161. The van der Waals surface area contributed by atoms with Gasteiger partial charge in [0.05, 0.1) is 26.4 Å². The Labute approximate surface area is 556 Å². The molecule has 0 bridgehead atoms. The molecule has 0 saturated carbocycles. The van der Waals surface area contributed by atoms with Crippen molar-refractivity contribution in [2.75, 3.05) is 39.6 Å². The fraction of sp³-hybridized carbons (Fsp3) is 0.944. The lowest BCUT2D eigenvalue weighted by atomic mass is 9.99. The van der Waals surface area contributed by atoms with Crippen molar-refractivity contribution in [1.29, 1.82) is 0 Å². The van der Waals surface area contributed by atoms with E-state index < -0.39 is 97.5 Å². The summed E-state index contributed by atoms with van der Waals surface area (Å²) in [6.45, 7) is 14.1. The van der Waals surface area contributed by atoms with E-state index >= 15 is 0 Å². The van der Waals surface area contributed by atoms with Gasteiger partial charge in [0.15, 0.2) is 12.2 Å². The van der Waals surface area contributed by atoms with Crippen LogP contribution < -0.4 is 0 Å². The zero-order chi connectivity index (χ0) is 67.5. The van der Waals surface area contributed by atoms with Crippen molar-refractivity contribution >= 4 is 39.5 Å². The van der Waals surface area contributed by atoms with Crippen LogP contribution in [0.15, 0.2) is 0 Å². The zero-order valence-electron chi connectivity index (χ0n) is 59.5. The molecule has 7 atom stereocenters. The van der Waals surface area contributed by atoms with E-state index in [9.17, 15) is 43.2 Å². The molecule has 19 heteroatoms. The first kappa shape index (κ1) is 89.1. The Bertz CT molecular complexity index is 1800. The van der Waals surface area contributed by atoms with Gasteiger partial charge in [0.25, 0.3) is 0 Å². The standard InChI is InChI=1S/C72H140O17P2/c1-9-64(7)50-42-34-25-21-17-13-11-12-14-18-23-27-38-46-54-71(76)88-67(59-83-70(75)53-45-37-30-28-33-41-49-63(5)6)60-86-90(78,79)84-56-66(73)57-85-91(80,81)87-61-68(89-72(77)55-47-39-31-29-35-43-51-65(8)10-2)58-82-69(74)52-44-36-26-22-19-15-16-20-24-32-40-48-62(3)4/h62-68,73H,9-61H2,1-8H3,(H,78,79)(H,80,81)/t64?,65?,66-,67+,68+/m0/s1. The summed E-state index contributed by atoms with van der Waals surface area (Å²) >= 11 is 0. The predicted molar refractivity (Wildman–Crippen MR) is 367 cm³/mol. The third-order valence-electron chi connectivity index (χ3n) is 17.3. The van der Waals surface area contributed by atoms with E-state index in [2.05, 4.69) is 55.4 Å². The fourth-order valence-corrected chi connectivity index (χ4v) is 12.4. The van der Waals surface area contributed by atoms with Crippen LogP contribution in [0, 0.1) is 23.7 Å². The van der Waals surface area contributed by atoms with Gasteiger partial charge in [0, 0.05) is 25.7 Å². The fourth-order valence-electron chi connectivity index (χ4n) is 10.8. The van der Waals surface area contributed by atoms with Crippen LogP contribution in [-0.2, 0) is 65.4 Å². The topological polar surface area (TPSA) is 237 Å². The Morgan fingerprint density at radius 3 is 0.780 bits per heavy atom. The normalized spacial score (nSPS) is 14.8. The van der Waals surface area contributed by atoms with Gasteiger partial charge in [-0.1, -0.05) is 306 Å². The number of rotatable bonds is 69. The third kappa shape index (κ3) is 63.9. The van der Waals surface area contributed by atoms with E-state index in [1.54, 1.807) is 0 Å². The van der Waals surface area contributed by atoms with Gasteiger partial charge >= 0.3 is 39.5 Å². The van der Waals surface area contributed by atoms with Crippen molar-refractivity contribution in [3.63, 3.8) is 0 Å². The van der Waals surface area contributed by atoms with Crippen LogP contribution in [-0.4, -0.2) is 96.7 Å². The number of phosphoric ester groups is 2. The quantitative estimate of drug-likeness (QED) is 0.0222. The maximum absolute atomic E-state index is 13.0. The molecule has 0 heterocycles. The molecule has 0 saturated heterocycles. The molecule has 540 valence electrons. The van der Waals surface area contributed by atoms with Crippen LogP contribution in [0.25, 0.3) is 0 Å². The number of carbonyl (C=O) groups excluding carboxylic acids is 4. The SMILES string of the molecule is CCC(C)CCCCCCCCCCCCCCCCC(=O)O[C@H](COC(=O)CCCCCCCCC(C)C)COP(=O)(O)OC[C@H](O)COP(=O)(O)OC[C@@H](COC(=O)CCCCCCCCCCCCCC(C)C)OC(=O)CCCCCCCCC(C)CC. The average Bonchev–Trinajstić information content (AvgIpc) is 2.96. The first-order chi connectivity index (χ1) is 43.7. The molecule has 0 aliphatic rings. The van der Waals surface area contributed by atoms with Crippen LogP contribution in [0.4, 0.5) is 0 Å². The van der Waals surface area contributed by atoms with Crippen LogP contribution in [0.1, 0.15) is 357 Å². The summed E-state index contributed by atoms with van der Waals surface area (Å²) in [7, 11) is -9.90.